The Morgan fingerprint density at radius 1 is 1.02 bits per heavy atom. The van der Waals surface area contributed by atoms with E-state index in [0.717, 1.165) is 44.3 Å². The van der Waals surface area contributed by atoms with Gasteiger partial charge in [-0.15, -0.1) is 0 Å². The van der Waals surface area contributed by atoms with Gasteiger partial charge < -0.3 is 10.2 Å². The second-order valence-electron chi connectivity index (χ2n) is 12.2. The van der Waals surface area contributed by atoms with E-state index in [-0.39, 0.29) is 21.9 Å². The number of anilines is 2. The summed E-state index contributed by atoms with van der Waals surface area (Å²) in [6.45, 7) is 12.4. The number of pyridine rings is 1. The average molecular weight is 586 g/mol. The van der Waals surface area contributed by atoms with Gasteiger partial charge in [-0.05, 0) is 121 Å². The van der Waals surface area contributed by atoms with Gasteiger partial charge in [-0.3, -0.25) is 9.36 Å². The number of fused-ring (bicyclic) bond motifs is 1. The van der Waals surface area contributed by atoms with E-state index in [1.54, 1.807) is 35.0 Å². The number of piperidine rings is 1. The van der Waals surface area contributed by atoms with E-state index in [4.69, 9.17) is 11.6 Å². The lowest BCUT2D eigenvalue weighted by atomic mass is 9.68. The Morgan fingerprint density at radius 2 is 1.70 bits per heavy atom. The zero-order valence-electron chi connectivity index (χ0n) is 24.1. The third-order valence-electron chi connectivity index (χ3n) is 9.04. The molecule has 5 rings (SSSR count). The van der Waals surface area contributed by atoms with Crippen LogP contribution < -0.4 is 10.9 Å². The molecule has 1 aliphatic carbocycles. The first-order chi connectivity index (χ1) is 18.9. The second-order valence-corrected chi connectivity index (χ2v) is 14.8. The van der Waals surface area contributed by atoms with Crippen molar-refractivity contribution in [1.82, 2.24) is 19.4 Å². The van der Waals surface area contributed by atoms with Crippen molar-refractivity contribution in [1.29, 1.82) is 0 Å². The monoisotopic (exact) mass is 585 g/mol. The fraction of sp³-hybridized carbons (Fsp3) is 0.567. The third kappa shape index (κ3) is 5.52. The molecule has 1 saturated heterocycles. The lowest BCUT2D eigenvalue weighted by Crippen LogP contribution is -2.45. The Morgan fingerprint density at radius 3 is 2.30 bits per heavy atom. The fourth-order valence-corrected chi connectivity index (χ4v) is 8.47. The van der Waals surface area contributed by atoms with Crippen LogP contribution in [0.4, 0.5) is 11.6 Å². The van der Waals surface area contributed by atoms with Crippen molar-refractivity contribution in [3.8, 4) is 0 Å². The summed E-state index contributed by atoms with van der Waals surface area (Å²) in [5.74, 6) is 0.323. The predicted molar refractivity (Wildman–Crippen MR) is 161 cm³/mol. The molecule has 3 aromatic rings. The molecule has 1 saturated carbocycles. The minimum absolute atomic E-state index is 0.128. The summed E-state index contributed by atoms with van der Waals surface area (Å²) in [5, 5.41) is 3.67. The van der Waals surface area contributed by atoms with Crippen molar-refractivity contribution < 1.29 is 8.42 Å². The van der Waals surface area contributed by atoms with Crippen molar-refractivity contribution in [2.75, 3.05) is 18.4 Å². The number of halogens is 1. The fourth-order valence-electron chi connectivity index (χ4n) is 6.42. The summed E-state index contributed by atoms with van der Waals surface area (Å²) in [7, 11) is -3.43. The molecule has 2 fully saturated rings. The van der Waals surface area contributed by atoms with Gasteiger partial charge in [-0.25, -0.2) is 13.4 Å². The Labute approximate surface area is 242 Å². The highest BCUT2D eigenvalue weighted by molar-refractivity contribution is 7.92. The SMILES string of the molecule is Cc1cc(S(=O)(=O)C2CCC3(CC2)CCN(C(C)C)CC3)ccc1Nc1ncc2cc(Cl)c(=O)n(C(C)C)c2n1. The maximum Gasteiger partial charge on any atom is 0.271 e. The molecule has 2 aromatic heterocycles. The molecular formula is C30H40ClN5O3S. The maximum atomic E-state index is 13.6. The standard InChI is InChI=1S/C30H40ClN5O3S/c1-19(2)35-14-12-30(13-15-35)10-8-23(9-11-30)40(38,39)24-6-7-26(21(5)16-24)33-29-32-18-22-17-25(31)28(37)36(20(3)4)27(22)34-29/h6-7,16-20,23H,8-15H2,1-5H3,(H,32,33,34). The van der Waals surface area contributed by atoms with Crippen LogP contribution in [0.25, 0.3) is 11.0 Å². The predicted octanol–water partition coefficient (Wildman–Crippen LogP) is 6.28. The van der Waals surface area contributed by atoms with Gasteiger partial charge in [0.2, 0.25) is 5.95 Å². The van der Waals surface area contributed by atoms with Crippen LogP contribution in [0.1, 0.15) is 77.8 Å². The molecule has 8 nitrogen and oxygen atoms in total. The molecule has 40 heavy (non-hydrogen) atoms. The van der Waals surface area contributed by atoms with Crippen LogP contribution >= 0.6 is 11.6 Å². The first-order valence-electron chi connectivity index (χ1n) is 14.3. The normalized spacial score (nSPS) is 18.7. The highest BCUT2D eigenvalue weighted by Gasteiger charge is 2.42. The molecule has 1 aliphatic heterocycles. The van der Waals surface area contributed by atoms with Crippen molar-refractivity contribution in [3.63, 3.8) is 0 Å². The highest BCUT2D eigenvalue weighted by atomic mass is 35.5. The number of aromatic nitrogens is 3. The van der Waals surface area contributed by atoms with Crippen LogP contribution in [0.3, 0.4) is 0 Å². The number of aryl methyl sites for hydroxylation is 1. The summed E-state index contributed by atoms with van der Waals surface area (Å²) in [6, 6.07) is 7.22. The number of likely N-dealkylation sites (tertiary alicyclic amines) is 1. The number of hydrogen-bond acceptors (Lipinski definition) is 7. The van der Waals surface area contributed by atoms with E-state index in [9.17, 15) is 13.2 Å². The Bertz CT molecular complexity index is 1570. The van der Waals surface area contributed by atoms with Gasteiger partial charge in [-0.1, -0.05) is 11.6 Å². The first-order valence-corrected chi connectivity index (χ1v) is 16.3. The van der Waals surface area contributed by atoms with Crippen LogP contribution in [0, 0.1) is 12.3 Å². The maximum absolute atomic E-state index is 13.6. The minimum atomic E-state index is -3.43. The number of hydrogen-bond donors (Lipinski definition) is 1. The zero-order chi connectivity index (χ0) is 28.8. The molecule has 10 heteroatoms. The molecule has 3 heterocycles. The molecule has 0 bridgehead atoms. The Hall–Kier alpha value is -2.49. The van der Waals surface area contributed by atoms with Crippen molar-refractivity contribution in [2.45, 2.75) is 95.4 Å². The van der Waals surface area contributed by atoms with E-state index < -0.39 is 9.84 Å². The van der Waals surface area contributed by atoms with Crippen LogP contribution in [0.15, 0.2) is 40.2 Å². The lowest BCUT2D eigenvalue weighted by Gasteiger charge is -2.46. The van der Waals surface area contributed by atoms with E-state index in [1.807, 2.05) is 20.8 Å². The highest BCUT2D eigenvalue weighted by Crippen LogP contribution is 2.47. The zero-order valence-corrected chi connectivity index (χ0v) is 25.6. The molecule has 1 spiro atoms. The van der Waals surface area contributed by atoms with Crippen molar-refractivity contribution in [2.24, 2.45) is 5.41 Å². The van der Waals surface area contributed by atoms with Gasteiger partial charge in [0.15, 0.2) is 9.84 Å². The average Bonchev–Trinajstić information content (AvgIpc) is 2.91. The van der Waals surface area contributed by atoms with E-state index in [0.29, 0.717) is 39.0 Å². The van der Waals surface area contributed by atoms with E-state index >= 15 is 0 Å². The Balaban J connectivity index is 1.31. The van der Waals surface area contributed by atoms with Gasteiger partial charge in [0.25, 0.3) is 5.56 Å². The largest absolute Gasteiger partial charge is 0.324 e. The van der Waals surface area contributed by atoms with Gasteiger partial charge >= 0.3 is 0 Å². The number of nitrogens with zero attached hydrogens (tertiary/aromatic N) is 4. The molecular weight excluding hydrogens is 546 g/mol. The molecule has 1 aromatic carbocycles. The molecule has 1 N–H and O–H groups in total. The van der Waals surface area contributed by atoms with Gasteiger partial charge in [0, 0.05) is 29.4 Å². The lowest BCUT2D eigenvalue weighted by molar-refractivity contribution is 0.0536. The smallest absolute Gasteiger partial charge is 0.271 e. The van der Waals surface area contributed by atoms with E-state index in [1.165, 1.54) is 12.8 Å². The summed E-state index contributed by atoms with van der Waals surface area (Å²) in [6.07, 6.45) is 7.43. The Kier molecular flexibility index (Phi) is 8.03. The van der Waals surface area contributed by atoms with Gasteiger partial charge in [0.05, 0.1) is 10.1 Å². The number of nitrogens with one attached hydrogen (secondary N) is 1. The second kappa shape index (κ2) is 11.1. The number of benzene rings is 1. The number of rotatable bonds is 6. The van der Waals surface area contributed by atoms with Crippen molar-refractivity contribution in [3.05, 3.63) is 51.4 Å². The topological polar surface area (TPSA) is 97.2 Å². The van der Waals surface area contributed by atoms with Crippen LogP contribution in [0.2, 0.25) is 5.02 Å². The third-order valence-corrected chi connectivity index (χ3v) is 11.6. The molecule has 0 unspecified atom stereocenters. The summed E-state index contributed by atoms with van der Waals surface area (Å²) in [5.41, 5.74) is 2.01. The number of sulfone groups is 1. The molecule has 0 radical (unpaired) electrons. The molecule has 2 aliphatic rings. The molecule has 0 amide bonds. The van der Waals surface area contributed by atoms with Crippen molar-refractivity contribution >= 4 is 44.1 Å². The first kappa shape index (κ1) is 29.0. The summed E-state index contributed by atoms with van der Waals surface area (Å²) < 4.78 is 28.8. The van der Waals surface area contributed by atoms with Crippen LogP contribution in [-0.2, 0) is 9.84 Å². The summed E-state index contributed by atoms with van der Waals surface area (Å²) >= 11 is 6.13. The van der Waals surface area contributed by atoms with Crippen LogP contribution in [-0.4, -0.2) is 52.2 Å². The van der Waals surface area contributed by atoms with Crippen LogP contribution in [0.5, 0.6) is 0 Å². The quantitative estimate of drug-likeness (QED) is 0.363. The minimum Gasteiger partial charge on any atom is -0.324 e. The molecule has 0 atom stereocenters. The van der Waals surface area contributed by atoms with E-state index in [2.05, 4.69) is 34.0 Å². The van der Waals surface area contributed by atoms with Gasteiger partial charge in [0.1, 0.15) is 10.7 Å². The summed E-state index contributed by atoms with van der Waals surface area (Å²) in [4.78, 5) is 24.5. The molecule has 216 valence electrons. The van der Waals surface area contributed by atoms with Gasteiger partial charge in [-0.2, -0.15) is 4.98 Å².